The molecule has 3 aliphatic heterocycles. The van der Waals surface area contributed by atoms with Crippen LogP contribution in [0.1, 0.15) is 61.5 Å². The lowest BCUT2D eigenvalue weighted by molar-refractivity contribution is 0.0462. The maximum Gasteiger partial charge on any atom is 0.273 e. The molecule has 3 saturated heterocycles. The van der Waals surface area contributed by atoms with Crippen molar-refractivity contribution >= 4 is 30.7 Å². The van der Waals surface area contributed by atoms with Gasteiger partial charge in [0.25, 0.3) is 5.91 Å². The van der Waals surface area contributed by atoms with Crippen molar-refractivity contribution in [1.29, 1.82) is 0 Å². The summed E-state index contributed by atoms with van der Waals surface area (Å²) < 4.78 is 1.87. The van der Waals surface area contributed by atoms with E-state index in [-0.39, 0.29) is 36.8 Å². The maximum absolute atomic E-state index is 12.6. The number of carbonyl (C=O) groups is 1. The van der Waals surface area contributed by atoms with Gasteiger partial charge in [0.15, 0.2) is 5.69 Å². The van der Waals surface area contributed by atoms with Gasteiger partial charge >= 0.3 is 0 Å². The molecule has 2 bridgehead atoms. The van der Waals surface area contributed by atoms with E-state index in [2.05, 4.69) is 32.9 Å². The Labute approximate surface area is 167 Å². The topological polar surface area (TPSA) is 75.1 Å². The molecule has 1 aromatic heterocycles. The lowest BCUT2D eigenvalue weighted by Gasteiger charge is -2.47. The molecule has 0 radical (unpaired) electrons. The first kappa shape index (κ1) is 21.4. The van der Waals surface area contributed by atoms with E-state index in [9.17, 15) is 4.79 Å². The van der Waals surface area contributed by atoms with Crippen LogP contribution < -0.4 is 10.6 Å². The maximum atomic E-state index is 12.6. The molecule has 2 atom stereocenters. The molecule has 0 aromatic carbocycles. The van der Waals surface area contributed by atoms with Gasteiger partial charge in [-0.3, -0.25) is 4.79 Å². The van der Waals surface area contributed by atoms with Crippen LogP contribution in [0.25, 0.3) is 0 Å². The molecular weight excluding hydrogens is 375 g/mol. The SMILES string of the molecule is CN1C2CCCC1CC(NC(=O)c1cn(C3CCNCC3)nn1)C2.Cl.Cl. The Bertz CT molecular complexity index is 578. The molecule has 1 amide bonds. The molecule has 2 unspecified atom stereocenters. The Morgan fingerprint density at radius 1 is 1.12 bits per heavy atom. The van der Waals surface area contributed by atoms with Crippen LogP contribution in [0.5, 0.6) is 0 Å². The molecule has 4 heterocycles. The van der Waals surface area contributed by atoms with Crippen LogP contribution in [0.2, 0.25) is 0 Å². The van der Waals surface area contributed by atoms with Gasteiger partial charge in [0.05, 0.1) is 12.2 Å². The number of hydrogen-bond acceptors (Lipinski definition) is 5. The number of nitrogens with zero attached hydrogens (tertiary/aromatic N) is 4. The number of carbonyl (C=O) groups excluding carboxylic acids is 1. The molecule has 26 heavy (non-hydrogen) atoms. The van der Waals surface area contributed by atoms with Gasteiger partial charge in [-0.2, -0.15) is 0 Å². The summed E-state index contributed by atoms with van der Waals surface area (Å²) >= 11 is 0. The molecule has 2 N–H and O–H groups in total. The molecule has 148 valence electrons. The van der Waals surface area contributed by atoms with E-state index < -0.39 is 0 Å². The molecule has 9 heteroatoms. The number of piperidine rings is 3. The minimum Gasteiger partial charge on any atom is -0.348 e. The predicted octanol–water partition coefficient (Wildman–Crippen LogP) is 1.79. The number of fused-ring (bicyclic) bond motifs is 2. The van der Waals surface area contributed by atoms with Gasteiger partial charge < -0.3 is 15.5 Å². The monoisotopic (exact) mass is 404 g/mol. The second kappa shape index (κ2) is 9.35. The zero-order valence-corrected chi connectivity index (χ0v) is 16.9. The van der Waals surface area contributed by atoms with Crippen LogP contribution in [0.4, 0.5) is 0 Å². The summed E-state index contributed by atoms with van der Waals surface area (Å²) in [6.07, 6.45) is 9.86. The third kappa shape index (κ3) is 4.50. The van der Waals surface area contributed by atoms with Gasteiger partial charge in [0.2, 0.25) is 0 Å². The molecule has 0 saturated carbocycles. The molecule has 0 spiro atoms. The summed E-state index contributed by atoms with van der Waals surface area (Å²) in [5.41, 5.74) is 0.456. The fraction of sp³-hybridized carbons (Fsp3) is 0.824. The molecule has 0 aliphatic carbocycles. The van der Waals surface area contributed by atoms with Gasteiger partial charge in [0, 0.05) is 18.1 Å². The van der Waals surface area contributed by atoms with E-state index >= 15 is 0 Å². The summed E-state index contributed by atoms with van der Waals surface area (Å²) in [6, 6.07) is 1.87. The van der Waals surface area contributed by atoms with Crippen molar-refractivity contribution in [3.8, 4) is 0 Å². The third-order valence-electron chi connectivity index (χ3n) is 6.10. The van der Waals surface area contributed by atoms with E-state index in [1.807, 2.05) is 10.9 Å². The standard InChI is InChI=1S/C17H28N6O.2ClH/c1-22-14-3-2-4-15(22)10-12(9-14)19-17(24)16-11-23(21-20-16)13-5-7-18-8-6-13;;/h11-15,18H,2-10H2,1H3,(H,19,24);2*1H. The van der Waals surface area contributed by atoms with Gasteiger partial charge in [0.1, 0.15) is 0 Å². The number of aromatic nitrogens is 3. The molecule has 3 aliphatic rings. The fourth-order valence-electron chi connectivity index (χ4n) is 4.62. The van der Waals surface area contributed by atoms with Crippen molar-refractivity contribution < 1.29 is 4.79 Å². The Kier molecular flexibility index (Phi) is 7.70. The van der Waals surface area contributed by atoms with Crippen molar-refractivity contribution in [2.45, 2.75) is 69.1 Å². The van der Waals surface area contributed by atoms with Crippen molar-refractivity contribution in [3.05, 3.63) is 11.9 Å². The fourth-order valence-corrected chi connectivity index (χ4v) is 4.62. The van der Waals surface area contributed by atoms with Crippen molar-refractivity contribution in [3.63, 3.8) is 0 Å². The number of hydrogen-bond donors (Lipinski definition) is 2. The van der Waals surface area contributed by atoms with E-state index in [1.165, 1.54) is 19.3 Å². The van der Waals surface area contributed by atoms with Crippen molar-refractivity contribution in [2.75, 3.05) is 20.1 Å². The van der Waals surface area contributed by atoms with E-state index in [0.29, 0.717) is 23.8 Å². The number of rotatable bonds is 3. The molecule has 4 rings (SSSR count). The number of amides is 1. The Balaban J connectivity index is 0.00000121. The number of nitrogens with one attached hydrogen (secondary N) is 2. The summed E-state index contributed by atoms with van der Waals surface area (Å²) in [4.78, 5) is 15.1. The second-order valence-corrected chi connectivity index (χ2v) is 7.61. The first-order chi connectivity index (χ1) is 11.7. The van der Waals surface area contributed by atoms with Crippen LogP contribution in [0, 0.1) is 0 Å². The predicted molar refractivity (Wildman–Crippen MR) is 105 cm³/mol. The van der Waals surface area contributed by atoms with Crippen LogP contribution in [0.3, 0.4) is 0 Å². The van der Waals surface area contributed by atoms with Gasteiger partial charge in [-0.1, -0.05) is 11.6 Å². The van der Waals surface area contributed by atoms with E-state index in [1.54, 1.807) is 0 Å². The summed E-state index contributed by atoms with van der Waals surface area (Å²) in [6.45, 7) is 2.01. The quantitative estimate of drug-likeness (QED) is 0.802. The lowest BCUT2D eigenvalue weighted by Crippen LogP contribution is -2.55. The molecule has 1 aromatic rings. The van der Waals surface area contributed by atoms with Gasteiger partial charge in [-0.05, 0) is 58.7 Å². The Morgan fingerprint density at radius 2 is 1.77 bits per heavy atom. The van der Waals surface area contributed by atoms with Crippen molar-refractivity contribution in [2.24, 2.45) is 0 Å². The summed E-state index contributed by atoms with van der Waals surface area (Å²) in [5, 5.41) is 14.9. The highest BCUT2D eigenvalue weighted by atomic mass is 35.5. The van der Waals surface area contributed by atoms with Crippen molar-refractivity contribution in [1.82, 2.24) is 30.5 Å². The van der Waals surface area contributed by atoms with Gasteiger partial charge in [-0.15, -0.1) is 29.9 Å². The Hall–Kier alpha value is -0.890. The van der Waals surface area contributed by atoms with E-state index in [0.717, 1.165) is 38.8 Å². The smallest absolute Gasteiger partial charge is 0.273 e. The van der Waals surface area contributed by atoms with Crippen LogP contribution in [-0.4, -0.2) is 64.1 Å². The van der Waals surface area contributed by atoms with Crippen LogP contribution >= 0.6 is 24.8 Å². The minimum absolute atomic E-state index is 0. The second-order valence-electron chi connectivity index (χ2n) is 7.61. The molecule has 7 nitrogen and oxygen atoms in total. The van der Waals surface area contributed by atoms with Gasteiger partial charge in [-0.25, -0.2) is 4.68 Å². The summed E-state index contributed by atoms with van der Waals surface area (Å²) in [5.74, 6) is -0.0668. The highest BCUT2D eigenvalue weighted by Crippen LogP contribution is 2.32. The van der Waals surface area contributed by atoms with Crippen LogP contribution in [0.15, 0.2) is 6.20 Å². The first-order valence-corrected chi connectivity index (χ1v) is 9.36. The summed E-state index contributed by atoms with van der Waals surface area (Å²) in [7, 11) is 2.23. The van der Waals surface area contributed by atoms with E-state index in [4.69, 9.17) is 0 Å². The zero-order chi connectivity index (χ0) is 16.5. The third-order valence-corrected chi connectivity index (χ3v) is 6.10. The zero-order valence-electron chi connectivity index (χ0n) is 15.3. The number of halogens is 2. The average molecular weight is 405 g/mol. The first-order valence-electron chi connectivity index (χ1n) is 9.36. The molecule has 3 fully saturated rings. The minimum atomic E-state index is -0.0668. The average Bonchev–Trinajstić information content (AvgIpc) is 3.07. The molecular formula is C17H30Cl2N6O. The lowest BCUT2D eigenvalue weighted by atomic mass is 9.82. The highest BCUT2D eigenvalue weighted by Gasteiger charge is 2.36. The normalized spacial score (nSPS) is 29.3. The van der Waals surface area contributed by atoms with Crippen LogP contribution in [-0.2, 0) is 0 Å². The largest absolute Gasteiger partial charge is 0.348 e. The Morgan fingerprint density at radius 3 is 2.42 bits per heavy atom. The highest BCUT2D eigenvalue weighted by molar-refractivity contribution is 5.92.